The molecule has 1 unspecified atom stereocenters. The zero-order valence-corrected chi connectivity index (χ0v) is 17.5. The van der Waals surface area contributed by atoms with Gasteiger partial charge in [-0.15, -0.1) is 11.8 Å². The number of sulfonamides is 1. The number of rotatable bonds is 10. The number of non-ortho nitro benzene ring substituents is 1. The Kier molecular flexibility index (Phi) is 8.14. The molecule has 0 spiro atoms. The van der Waals surface area contributed by atoms with Crippen LogP contribution in [-0.2, 0) is 19.6 Å². The number of nitrogens with zero attached hydrogens (tertiary/aromatic N) is 1. The molecule has 2 aromatic rings. The topological polar surface area (TPSA) is 128 Å². The normalized spacial score (nSPS) is 12.3. The molecule has 0 heterocycles. The molecule has 0 radical (unpaired) electrons. The standard InChI is InChI=1S/C18H21N3O6S2/c1-13(11-27-2)20-29(25,26)17-9-3-14(4-10-17)19-18(22)12-28-16-7-5-15(6-8-16)21(23)24/h3-10,13,20H,11-12H2,1-2H3,(H,19,22). The molecule has 0 bridgehead atoms. The average Bonchev–Trinajstić information content (AvgIpc) is 2.67. The number of nitrogens with one attached hydrogen (secondary N) is 2. The number of nitro benzene ring substituents is 1. The van der Waals surface area contributed by atoms with E-state index in [-0.39, 0.29) is 34.9 Å². The summed E-state index contributed by atoms with van der Waals surface area (Å²) in [6.45, 7) is 1.94. The molecular weight excluding hydrogens is 418 g/mol. The van der Waals surface area contributed by atoms with Crippen LogP contribution in [0.3, 0.4) is 0 Å². The minimum absolute atomic E-state index is 0.0139. The van der Waals surface area contributed by atoms with Gasteiger partial charge < -0.3 is 10.1 Å². The smallest absolute Gasteiger partial charge is 0.269 e. The van der Waals surface area contributed by atoms with Crippen molar-refractivity contribution in [3.63, 3.8) is 0 Å². The summed E-state index contributed by atoms with van der Waals surface area (Å²) in [5.74, 6) is -0.177. The van der Waals surface area contributed by atoms with Crippen molar-refractivity contribution in [2.75, 3.05) is 24.8 Å². The largest absolute Gasteiger partial charge is 0.383 e. The lowest BCUT2D eigenvalue weighted by Gasteiger charge is -2.13. The Morgan fingerprint density at radius 1 is 1.17 bits per heavy atom. The van der Waals surface area contributed by atoms with Crippen LogP contribution in [0.5, 0.6) is 0 Å². The molecule has 0 aliphatic carbocycles. The van der Waals surface area contributed by atoms with Crippen LogP contribution in [0.15, 0.2) is 58.3 Å². The molecular formula is C18H21N3O6S2. The summed E-state index contributed by atoms with van der Waals surface area (Å²) < 4.78 is 32.0. The van der Waals surface area contributed by atoms with Crippen LogP contribution in [0, 0.1) is 10.1 Å². The first kappa shape index (κ1) is 22.8. The molecule has 1 atom stereocenters. The summed E-state index contributed by atoms with van der Waals surface area (Å²) in [6.07, 6.45) is 0. The Morgan fingerprint density at radius 3 is 2.34 bits per heavy atom. The zero-order valence-electron chi connectivity index (χ0n) is 15.8. The Bertz CT molecular complexity index is 947. The second-order valence-electron chi connectivity index (χ2n) is 6.09. The maximum Gasteiger partial charge on any atom is 0.269 e. The van der Waals surface area contributed by atoms with Gasteiger partial charge in [0, 0.05) is 35.9 Å². The highest BCUT2D eigenvalue weighted by atomic mass is 32.2. The first-order valence-electron chi connectivity index (χ1n) is 8.49. The second kappa shape index (κ2) is 10.3. The predicted molar refractivity (Wildman–Crippen MR) is 111 cm³/mol. The Balaban J connectivity index is 1.90. The average molecular weight is 440 g/mol. The Hall–Kier alpha value is -2.47. The number of carbonyl (C=O) groups is 1. The van der Waals surface area contributed by atoms with Crippen LogP contribution in [0.4, 0.5) is 11.4 Å². The summed E-state index contributed by atoms with van der Waals surface area (Å²) in [5.41, 5.74) is 0.447. The van der Waals surface area contributed by atoms with Gasteiger partial charge >= 0.3 is 0 Å². The van der Waals surface area contributed by atoms with E-state index in [2.05, 4.69) is 10.0 Å². The van der Waals surface area contributed by atoms with E-state index in [1.807, 2.05) is 0 Å². The van der Waals surface area contributed by atoms with E-state index in [9.17, 15) is 23.3 Å². The van der Waals surface area contributed by atoms with Crippen LogP contribution in [-0.4, -0.2) is 44.8 Å². The number of hydrogen-bond donors (Lipinski definition) is 2. The van der Waals surface area contributed by atoms with E-state index in [1.165, 1.54) is 55.3 Å². The lowest BCUT2D eigenvalue weighted by molar-refractivity contribution is -0.384. The molecule has 0 saturated heterocycles. The molecule has 0 aliphatic heterocycles. The first-order chi connectivity index (χ1) is 13.7. The van der Waals surface area contributed by atoms with E-state index in [0.29, 0.717) is 5.69 Å². The Labute approximate surface area is 173 Å². The van der Waals surface area contributed by atoms with Crippen LogP contribution < -0.4 is 10.0 Å². The fourth-order valence-electron chi connectivity index (χ4n) is 2.34. The number of amides is 1. The van der Waals surface area contributed by atoms with Crippen molar-refractivity contribution < 1.29 is 22.9 Å². The summed E-state index contributed by atoms with van der Waals surface area (Å²) in [6, 6.07) is 11.3. The highest BCUT2D eigenvalue weighted by Crippen LogP contribution is 2.22. The lowest BCUT2D eigenvalue weighted by Crippen LogP contribution is -2.35. The van der Waals surface area contributed by atoms with Gasteiger partial charge in [0.25, 0.3) is 5.69 Å². The zero-order chi connectivity index (χ0) is 21.4. The lowest BCUT2D eigenvalue weighted by atomic mass is 10.3. The molecule has 2 N–H and O–H groups in total. The van der Waals surface area contributed by atoms with E-state index in [4.69, 9.17) is 4.74 Å². The van der Waals surface area contributed by atoms with Crippen LogP contribution in [0.25, 0.3) is 0 Å². The highest BCUT2D eigenvalue weighted by molar-refractivity contribution is 8.00. The van der Waals surface area contributed by atoms with Gasteiger partial charge in [-0.1, -0.05) is 0 Å². The van der Waals surface area contributed by atoms with E-state index >= 15 is 0 Å². The number of benzene rings is 2. The van der Waals surface area contributed by atoms with Crippen LogP contribution in [0.1, 0.15) is 6.92 Å². The van der Waals surface area contributed by atoms with Gasteiger partial charge in [0.1, 0.15) is 0 Å². The summed E-state index contributed by atoms with van der Waals surface area (Å²) in [4.78, 5) is 23.0. The van der Waals surface area contributed by atoms with Crippen molar-refractivity contribution in [1.29, 1.82) is 0 Å². The number of nitro groups is 1. The van der Waals surface area contributed by atoms with Crippen molar-refractivity contribution >= 4 is 39.1 Å². The number of thioether (sulfide) groups is 1. The fraction of sp³-hybridized carbons (Fsp3) is 0.278. The molecule has 0 fully saturated rings. The van der Waals surface area contributed by atoms with Crippen molar-refractivity contribution in [2.45, 2.75) is 22.8 Å². The number of ether oxygens (including phenoxy) is 1. The van der Waals surface area contributed by atoms with Crippen molar-refractivity contribution in [3.8, 4) is 0 Å². The predicted octanol–water partition coefficient (Wildman–Crippen LogP) is 2.64. The third kappa shape index (κ3) is 7.13. The molecule has 0 aromatic heterocycles. The van der Waals surface area contributed by atoms with Gasteiger partial charge in [-0.05, 0) is 43.3 Å². The quantitative estimate of drug-likeness (QED) is 0.331. The third-order valence-corrected chi connectivity index (χ3v) is 6.26. The summed E-state index contributed by atoms with van der Waals surface area (Å²) >= 11 is 1.23. The number of hydrogen-bond acceptors (Lipinski definition) is 7. The molecule has 156 valence electrons. The number of anilines is 1. The van der Waals surface area contributed by atoms with Crippen LogP contribution in [0.2, 0.25) is 0 Å². The number of carbonyl (C=O) groups excluding carboxylic acids is 1. The van der Waals surface area contributed by atoms with Crippen molar-refractivity contribution in [1.82, 2.24) is 4.72 Å². The van der Waals surface area contributed by atoms with Gasteiger partial charge in [-0.3, -0.25) is 14.9 Å². The second-order valence-corrected chi connectivity index (χ2v) is 8.85. The van der Waals surface area contributed by atoms with Gasteiger partial charge in [0.05, 0.1) is 22.2 Å². The van der Waals surface area contributed by atoms with E-state index in [0.717, 1.165) is 4.90 Å². The summed E-state index contributed by atoms with van der Waals surface area (Å²) in [7, 11) is -2.19. The monoisotopic (exact) mass is 439 g/mol. The molecule has 29 heavy (non-hydrogen) atoms. The molecule has 9 nitrogen and oxygen atoms in total. The third-order valence-electron chi connectivity index (χ3n) is 3.64. The Morgan fingerprint density at radius 2 is 1.79 bits per heavy atom. The van der Waals surface area contributed by atoms with Gasteiger partial charge in [-0.2, -0.15) is 0 Å². The van der Waals surface area contributed by atoms with E-state index < -0.39 is 14.9 Å². The molecule has 2 rings (SSSR count). The number of methoxy groups -OCH3 is 1. The highest BCUT2D eigenvalue weighted by Gasteiger charge is 2.17. The molecule has 11 heteroatoms. The molecule has 0 aliphatic rings. The maximum atomic E-state index is 12.3. The fourth-order valence-corrected chi connectivity index (χ4v) is 4.27. The minimum Gasteiger partial charge on any atom is -0.383 e. The van der Waals surface area contributed by atoms with Gasteiger partial charge in [-0.25, -0.2) is 13.1 Å². The SMILES string of the molecule is COCC(C)NS(=O)(=O)c1ccc(NC(=O)CSc2ccc([N+](=O)[O-])cc2)cc1. The van der Waals surface area contributed by atoms with E-state index in [1.54, 1.807) is 19.1 Å². The molecule has 1 amide bonds. The van der Waals surface area contributed by atoms with Crippen LogP contribution >= 0.6 is 11.8 Å². The maximum absolute atomic E-state index is 12.3. The summed E-state index contributed by atoms with van der Waals surface area (Å²) in [5, 5.41) is 13.3. The van der Waals surface area contributed by atoms with Crippen molar-refractivity contribution in [3.05, 3.63) is 58.6 Å². The first-order valence-corrected chi connectivity index (χ1v) is 11.0. The molecule has 0 saturated carbocycles. The van der Waals surface area contributed by atoms with Gasteiger partial charge in [0.2, 0.25) is 15.9 Å². The van der Waals surface area contributed by atoms with Gasteiger partial charge in [0.15, 0.2) is 0 Å². The molecule has 2 aromatic carbocycles. The van der Waals surface area contributed by atoms with Crippen molar-refractivity contribution in [2.24, 2.45) is 0 Å². The minimum atomic E-state index is -3.68.